The van der Waals surface area contributed by atoms with Crippen LogP contribution in [-0.4, -0.2) is 41.6 Å². The first-order valence-electron chi connectivity index (χ1n) is 7.89. The second kappa shape index (κ2) is 7.67. The Morgan fingerprint density at radius 3 is 2.75 bits per heavy atom. The molecule has 1 atom stereocenters. The molecule has 1 aliphatic heterocycles. The number of carbonyl (C=O) groups is 2. The second-order valence-corrected chi connectivity index (χ2v) is 8.11. The number of nitrogens with one attached hydrogen (secondary N) is 1. The number of ether oxygens (including phenoxy) is 1. The Hall–Kier alpha value is -1.38. The number of nitrogens with zero attached hydrogens (tertiary/aromatic N) is 1. The molecule has 1 aliphatic rings. The van der Waals surface area contributed by atoms with E-state index in [9.17, 15) is 14.0 Å². The molecule has 0 radical (unpaired) electrons. The van der Waals surface area contributed by atoms with Gasteiger partial charge in [0.25, 0.3) is 5.91 Å². The summed E-state index contributed by atoms with van der Waals surface area (Å²) >= 11 is 2.05. The van der Waals surface area contributed by atoms with Gasteiger partial charge in [-0.2, -0.15) is 0 Å². The van der Waals surface area contributed by atoms with E-state index in [2.05, 4.69) is 5.32 Å². The Morgan fingerprint density at radius 1 is 1.38 bits per heavy atom. The molecule has 1 N–H and O–H groups in total. The van der Waals surface area contributed by atoms with Crippen LogP contribution >= 0.6 is 22.6 Å². The van der Waals surface area contributed by atoms with Gasteiger partial charge in [0.1, 0.15) is 11.4 Å². The summed E-state index contributed by atoms with van der Waals surface area (Å²) < 4.78 is 20.0. The van der Waals surface area contributed by atoms with Crippen LogP contribution in [0.4, 0.5) is 9.18 Å². The number of carbonyl (C=O) groups excluding carboxylic acids is 2. The number of rotatable bonds is 2. The lowest BCUT2D eigenvalue weighted by atomic mass is 10.0. The Morgan fingerprint density at radius 2 is 2.08 bits per heavy atom. The Labute approximate surface area is 155 Å². The number of benzene rings is 1. The van der Waals surface area contributed by atoms with E-state index in [4.69, 9.17) is 4.74 Å². The minimum Gasteiger partial charge on any atom is -0.444 e. The SMILES string of the molecule is CC(C)(C)OC(=O)N[C@H]1CCCN(C(=O)c2cc(I)ccc2F)C1. The van der Waals surface area contributed by atoms with Gasteiger partial charge in [-0.3, -0.25) is 4.79 Å². The molecule has 0 saturated carbocycles. The lowest BCUT2D eigenvalue weighted by molar-refractivity contribution is 0.0451. The fourth-order valence-electron chi connectivity index (χ4n) is 2.59. The van der Waals surface area contributed by atoms with Crippen molar-refractivity contribution in [2.45, 2.75) is 45.3 Å². The fourth-order valence-corrected chi connectivity index (χ4v) is 3.08. The Kier molecular flexibility index (Phi) is 6.06. The van der Waals surface area contributed by atoms with Gasteiger partial charge >= 0.3 is 6.09 Å². The Balaban J connectivity index is 2.01. The predicted octanol–water partition coefficient (Wildman–Crippen LogP) is 3.56. The first-order valence-corrected chi connectivity index (χ1v) is 8.97. The van der Waals surface area contributed by atoms with Crippen LogP contribution in [0.5, 0.6) is 0 Å². The molecule has 1 aromatic carbocycles. The third kappa shape index (κ3) is 5.32. The lowest BCUT2D eigenvalue weighted by Crippen LogP contribution is -2.50. The molecule has 0 aliphatic carbocycles. The molecule has 1 saturated heterocycles. The maximum atomic E-state index is 13.9. The van der Waals surface area contributed by atoms with Gasteiger partial charge in [-0.1, -0.05) is 0 Å². The lowest BCUT2D eigenvalue weighted by Gasteiger charge is -2.33. The molecule has 132 valence electrons. The van der Waals surface area contributed by atoms with Crippen LogP contribution < -0.4 is 5.32 Å². The average Bonchev–Trinajstić information content (AvgIpc) is 2.47. The van der Waals surface area contributed by atoms with Gasteiger partial charge in [0.15, 0.2) is 0 Å². The molecule has 2 amide bonds. The summed E-state index contributed by atoms with van der Waals surface area (Å²) in [6, 6.07) is 4.28. The van der Waals surface area contributed by atoms with E-state index in [-0.39, 0.29) is 17.5 Å². The number of alkyl carbamates (subject to hydrolysis) is 1. The number of likely N-dealkylation sites (tertiary alicyclic amines) is 1. The first kappa shape index (κ1) is 19.0. The summed E-state index contributed by atoms with van der Waals surface area (Å²) in [4.78, 5) is 26.0. The molecule has 1 aromatic rings. The highest BCUT2D eigenvalue weighted by Crippen LogP contribution is 2.18. The van der Waals surface area contributed by atoms with Crippen LogP contribution in [0.15, 0.2) is 18.2 Å². The van der Waals surface area contributed by atoms with Crippen molar-refractivity contribution in [1.29, 1.82) is 0 Å². The van der Waals surface area contributed by atoms with Crippen molar-refractivity contribution in [2.24, 2.45) is 0 Å². The van der Waals surface area contributed by atoms with Gasteiger partial charge in [-0.05, 0) is 74.4 Å². The highest BCUT2D eigenvalue weighted by Gasteiger charge is 2.28. The fraction of sp³-hybridized carbons (Fsp3) is 0.529. The zero-order valence-electron chi connectivity index (χ0n) is 14.1. The minimum atomic E-state index is -0.571. The van der Waals surface area contributed by atoms with E-state index in [0.29, 0.717) is 13.1 Å². The maximum Gasteiger partial charge on any atom is 0.407 e. The van der Waals surface area contributed by atoms with Crippen LogP contribution in [0, 0.1) is 9.39 Å². The van der Waals surface area contributed by atoms with Crippen molar-refractivity contribution in [1.82, 2.24) is 10.2 Å². The second-order valence-electron chi connectivity index (χ2n) is 6.86. The largest absolute Gasteiger partial charge is 0.444 e. The zero-order chi connectivity index (χ0) is 17.9. The summed E-state index contributed by atoms with van der Waals surface area (Å²) in [5.74, 6) is -0.871. The normalized spacial score (nSPS) is 18.2. The van der Waals surface area contributed by atoms with Crippen LogP contribution in [0.3, 0.4) is 0 Å². The summed E-state index contributed by atoms with van der Waals surface area (Å²) in [6.07, 6.45) is 1.01. The molecule has 24 heavy (non-hydrogen) atoms. The van der Waals surface area contributed by atoms with E-state index in [1.54, 1.807) is 37.8 Å². The zero-order valence-corrected chi connectivity index (χ0v) is 16.2. The number of hydrogen-bond donors (Lipinski definition) is 1. The van der Waals surface area contributed by atoms with Crippen LogP contribution in [0.2, 0.25) is 0 Å². The molecule has 0 bridgehead atoms. The summed E-state index contributed by atoms with van der Waals surface area (Å²) in [6.45, 7) is 6.29. The molecule has 0 aromatic heterocycles. The van der Waals surface area contributed by atoms with Crippen molar-refractivity contribution in [3.63, 3.8) is 0 Å². The molecule has 1 heterocycles. The van der Waals surface area contributed by atoms with Crippen molar-refractivity contribution in [2.75, 3.05) is 13.1 Å². The molecule has 2 rings (SSSR count). The molecular formula is C17H22FIN2O3. The van der Waals surface area contributed by atoms with E-state index < -0.39 is 17.5 Å². The van der Waals surface area contributed by atoms with E-state index >= 15 is 0 Å². The van der Waals surface area contributed by atoms with Crippen LogP contribution in [0.1, 0.15) is 44.0 Å². The smallest absolute Gasteiger partial charge is 0.407 e. The van der Waals surface area contributed by atoms with Crippen molar-refractivity contribution < 1.29 is 18.7 Å². The topological polar surface area (TPSA) is 58.6 Å². The van der Waals surface area contributed by atoms with Gasteiger partial charge in [0.05, 0.1) is 5.56 Å². The molecule has 0 spiro atoms. The van der Waals surface area contributed by atoms with Gasteiger partial charge in [-0.15, -0.1) is 0 Å². The molecule has 7 heteroatoms. The van der Waals surface area contributed by atoms with Crippen molar-refractivity contribution in [3.8, 4) is 0 Å². The molecule has 1 fully saturated rings. The summed E-state index contributed by atoms with van der Waals surface area (Å²) in [7, 11) is 0. The van der Waals surface area contributed by atoms with Crippen LogP contribution in [-0.2, 0) is 4.74 Å². The Bertz CT molecular complexity index is 631. The quantitative estimate of drug-likeness (QED) is 0.705. The van der Waals surface area contributed by atoms with E-state index in [1.165, 1.54) is 6.07 Å². The number of halogens is 2. The van der Waals surface area contributed by atoms with Crippen molar-refractivity contribution in [3.05, 3.63) is 33.1 Å². The average molecular weight is 448 g/mol. The highest BCUT2D eigenvalue weighted by molar-refractivity contribution is 14.1. The monoisotopic (exact) mass is 448 g/mol. The first-order chi connectivity index (χ1) is 11.2. The van der Waals surface area contributed by atoms with Gasteiger partial charge in [0, 0.05) is 22.7 Å². The summed E-state index contributed by atoms with van der Waals surface area (Å²) in [5, 5.41) is 2.79. The van der Waals surface area contributed by atoms with E-state index in [0.717, 1.165) is 16.4 Å². The molecule has 5 nitrogen and oxygen atoms in total. The number of amides is 2. The van der Waals surface area contributed by atoms with Gasteiger partial charge < -0.3 is 15.0 Å². The standard InChI is InChI=1S/C17H22FIN2O3/c1-17(2,3)24-16(23)20-12-5-4-8-21(10-12)15(22)13-9-11(19)6-7-14(13)18/h6-7,9,12H,4-5,8,10H2,1-3H3,(H,20,23)/t12-/m0/s1. The van der Waals surface area contributed by atoms with E-state index in [1.807, 2.05) is 22.6 Å². The minimum absolute atomic E-state index is 0.0693. The van der Waals surface area contributed by atoms with Gasteiger partial charge in [-0.25, -0.2) is 9.18 Å². The predicted molar refractivity (Wildman–Crippen MR) is 97.4 cm³/mol. The third-order valence-electron chi connectivity index (χ3n) is 3.59. The molecule has 0 unspecified atom stereocenters. The third-order valence-corrected chi connectivity index (χ3v) is 4.26. The highest BCUT2D eigenvalue weighted by atomic mass is 127. The number of piperidine rings is 1. The summed E-state index contributed by atoms with van der Waals surface area (Å²) in [5.41, 5.74) is -0.502. The molecular weight excluding hydrogens is 426 g/mol. The number of hydrogen-bond acceptors (Lipinski definition) is 3. The van der Waals surface area contributed by atoms with Gasteiger partial charge in [0.2, 0.25) is 0 Å². The maximum absolute atomic E-state index is 13.9. The van der Waals surface area contributed by atoms with Crippen molar-refractivity contribution >= 4 is 34.6 Å². The van der Waals surface area contributed by atoms with Crippen LogP contribution in [0.25, 0.3) is 0 Å².